The molecule has 0 aliphatic heterocycles. The first kappa shape index (κ1) is 13.7. The molecule has 0 saturated carbocycles. The van der Waals surface area contributed by atoms with Gasteiger partial charge in [0, 0.05) is 10.2 Å². The first-order valence-corrected chi connectivity index (χ1v) is 5.84. The van der Waals surface area contributed by atoms with Gasteiger partial charge in [0.05, 0.1) is 11.6 Å². The van der Waals surface area contributed by atoms with Crippen molar-refractivity contribution < 1.29 is 14.7 Å². The maximum Gasteiger partial charge on any atom is 0.336 e. The van der Waals surface area contributed by atoms with E-state index in [1.165, 1.54) is 6.07 Å². The second-order valence-electron chi connectivity index (χ2n) is 3.50. The molecule has 0 aliphatic carbocycles. The lowest BCUT2D eigenvalue weighted by Gasteiger charge is -2.10. The lowest BCUT2D eigenvalue weighted by atomic mass is 10.2. The summed E-state index contributed by atoms with van der Waals surface area (Å²) in [7, 11) is 0. The standard InChI is InChI=1S/C11H13BrN2O3/c1-2-9(13)10(15)14-6-3-4-8(12)7(5-6)11(16)17/h3-5,9H,2,13H2,1H3,(H,14,15)(H,16,17)/t9-/m1/s1. The van der Waals surface area contributed by atoms with Crippen molar-refractivity contribution in [2.75, 3.05) is 5.32 Å². The highest BCUT2D eigenvalue weighted by Gasteiger charge is 2.13. The molecule has 0 saturated heterocycles. The number of halogens is 1. The summed E-state index contributed by atoms with van der Waals surface area (Å²) in [5, 5.41) is 11.5. The summed E-state index contributed by atoms with van der Waals surface area (Å²) in [5.74, 6) is -1.39. The van der Waals surface area contributed by atoms with Crippen molar-refractivity contribution in [1.29, 1.82) is 0 Å². The minimum Gasteiger partial charge on any atom is -0.478 e. The Hall–Kier alpha value is -1.40. The molecule has 6 heteroatoms. The molecule has 0 aromatic heterocycles. The summed E-state index contributed by atoms with van der Waals surface area (Å²) < 4.78 is 0.461. The molecule has 1 atom stereocenters. The Morgan fingerprint density at radius 1 is 1.53 bits per heavy atom. The molecule has 1 amide bonds. The summed E-state index contributed by atoms with van der Waals surface area (Å²) in [6, 6.07) is 3.96. The summed E-state index contributed by atoms with van der Waals surface area (Å²) in [4.78, 5) is 22.4. The molecule has 0 bridgehead atoms. The summed E-state index contributed by atoms with van der Waals surface area (Å²) in [6.07, 6.45) is 0.522. The van der Waals surface area contributed by atoms with Gasteiger partial charge >= 0.3 is 5.97 Å². The second kappa shape index (κ2) is 5.79. The van der Waals surface area contributed by atoms with Crippen LogP contribution in [0.25, 0.3) is 0 Å². The van der Waals surface area contributed by atoms with Gasteiger partial charge in [-0.05, 0) is 40.5 Å². The van der Waals surface area contributed by atoms with Crippen LogP contribution in [-0.4, -0.2) is 23.0 Å². The third-order valence-corrected chi connectivity index (χ3v) is 2.93. The van der Waals surface area contributed by atoms with Gasteiger partial charge in [0.1, 0.15) is 0 Å². The molecule has 0 aliphatic rings. The van der Waals surface area contributed by atoms with E-state index in [0.29, 0.717) is 16.6 Å². The number of rotatable bonds is 4. The number of nitrogens with two attached hydrogens (primary N) is 1. The van der Waals surface area contributed by atoms with Gasteiger partial charge in [0.25, 0.3) is 0 Å². The van der Waals surface area contributed by atoms with Crippen LogP contribution in [0.2, 0.25) is 0 Å². The summed E-state index contributed by atoms with van der Waals surface area (Å²) in [6.45, 7) is 1.80. The van der Waals surface area contributed by atoms with Gasteiger partial charge in [0.15, 0.2) is 0 Å². The molecule has 1 aromatic rings. The van der Waals surface area contributed by atoms with Crippen LogP contribution in [0, 0.1) is 0 Å². The Morgan fingerprint density at radius 2 is 2.18 bits per heavy atom. The lowest BCUT2D eigenvalue weighted by molar-refractivity contribution is -0.117. The van der Waals surface area contributed by atoms with E-state index in [2.05, 4.69) is 21.2 Å². The molecule has 0 heterocycles. The van der Waals surface area contributed by atoms with E-state index >= 15 is 0 Å². The average Bonchev–Trinajstić information content (AvgIpc) is 2.30. The molecule has 0 unspecified atom stereocenters. The zero-order valence-corrected chi connectivity index (χ0v) is 10.8. The van der Waals surface area contributed by atoms with Gasteiger partial charge < -0.3 is 16.2 Å². The van der Waals surface area contributed by atoms with E-state index < -0.39 is 12.0 Å². The predicted octanol–water partition coefficient (Wildman–Crippen LogP) is 1.82. The maximum atomic E-state index is 11.5. The minimum atomic E-state index is -1.06. The second-order valence-corrected chi connectivity index (χ2v) is 4.36. The number of hydrogen-bond acceptors (Lipinski definition) is 3. The number of hydrogen-bond donors (Lipinski definition) is 3. The number of anilines is 1. The molecule has 4 N–H and O–H groups in total. The van der Waals surface area contributed by atoms with E-state index in [4.69, 9.17) is 10.8 Å². The smallest absolute Gasteiger partial charge is 0.336 e. The highest BCUT2D eigenvalue weighted by molar-refractivity contribution is 9.10. The van der Waals surface area contributed by atoms with Crippen LogP contribution in [0.4, 0.5) is 5.69 Å². The summed E-state index contributed by atoms with van der Waals surface area (Å²) >= 11 is 3.12. The molecular weight excluding hydrogens is 288 g/mol. The summed E-state index contributed by atoms with van der Waals surface area (Å²) in [5.41, 5.74) is 6.06. The van der Waals surface area contributed by atoms with Crippen LogP contribution < -0.4 is 11.1 Å². The average molecular weight is 301 g/mol. The number of nitrogens with one attached hydrogen (secondary N) is 1. The number of aromatic carboxylic acids is 1. The molecule has 1 rings (SSSR count). The van der Waals surface area contributed by atoms with E-state index in [1.54, 1.807) is 19.1 Å². The third kappa shape index (κ3) is 3.54. The van der Waals surface area contributed by atoms with E-state index in [1.807, 2.05) is 0 Å². The number of amides is 1. The predicted molar refractivity (Wildman–Crippen MR) is 68.0 cm³/mol. The maximum absolute atomic E-state index is 11.5. The largest absolute Gasteiger partial charge is 0.478 e. The molecule has 0 spiro atoms. The fourth-order valence-electron chi connectivity index (χ4n) is 1.19. The lowest BCUT2D eigenvalue weighted by Crippen LogP contribution is -2.34. The molecule has 1 aromatic carbocycles. The fraction of sp³-hybridized carbons (Fsp3) is 0.273. The van der Waals surface area contributed by atoms with Crippen LogP contribution in [0.5, 0.6) is 0 Å². The van der Waals surface area contributed by atoms with Gasteiger partial charge in [-0.3, -0.25) is 4.79 Å². The van der Waals surface area contributed by atoms with Crippen molar-refractivity contribution in [3.63, 3.8) is 0 Å². The minimum absolute atomic E-state index is 0.0906. The zero-order chi connectivity index (χ0) is 13.0. The molecule has 0 radical (unpaired) electrons. The van der Waals surface area contributed by atoms with Crippen LogP contribution in [0.15, 0.2) is 22.7 Å². The topological polar surface area (TPSA) is 92.4 Å². The normalized spacial score (nSPS) is 11.9. The van der Waals surface area contributed by atoms with Crippen LogP contribution in [0.3, 0.4) is 0 Å². The van der Waals surface area contributed by atoms with Crippen molar-refractivity contribution in [1.82, 2.24) is 0 Å². The third-order valence-electron chi connectivity index (χ3n) is 2.24. The highest BCUT2D eigenvalue weighted by atomic mass is 79.9. The van der Waals surface area contributed by atoms with Crippen LogP contribution in [0.1, 0.15) is 23.7 Å². The fourth-order valence-corrected chi connectivity index (χ4v) is 1.60. The van der Waals surface area contributed by atoms with Crippen molar-refractivity contribution >= 4 is 33.5 Å². The molecule has 5 nitrogen and oxygen atoms in total. The Bertz CT molecular complexity index is 448. The number of carbonyl (C=O) groups excluding carboxylic acids is 1. The SMILES string of the molecule is CC[C@@H](N)C(=O)Nc1ccc(Br)c(C(=O)O)c1. The Kier molecular flexibility index (Phi) is 4.65. The Morgan fingerprint density at radius 3 is 2.71 bits per heavy atom. The van der Waals surface area contributed by atoms with Crippen molar-refractivity contribution in [2.45, 2.75) is 19.4 Å². The van der Waals surface area contributed by atoms with Gasteiger partial charge in [-0.15, -0.1) is 0 Å². The number of benzene rings is 1. The van der Waals surface area contributed by atoms with E-state index in [-0.39, 0.29) is 11.5 Å². The first-order valence-electron chi connectivity index (χ1n) is 5.05. The van der Waals surface area contributed by atoms with Gasteiger partial charge in [0.2, 0.25) is 5.91 Å². The van der Waals surface area contributed by atoms with E-state index in [0.717, 1.165) is 0 Å². The van der Waals surface area contributed by atoms with Crippen LogP contribution in [-0.2, 0) is 4.79 Å². The molecule has 92 valence electrons. The highest BCUT2D eigenvalue weighted by Crippen LogP contribution is 2.21. The van der Waals surface area contributed by atoms with Crippen molar-refractivity contribution in [3.05, 3.63) is 28.2 Å². The van der Waals surface area contributed by atoms with E-state index in [9.17, 15) is 9.59 Å². The van der Waals surface area contributed by atoms with Crippen molar-refractivity contribution in [2.24, 2.45) is 5.73 Å². The monoisotopic (exact) mass is 300 g/mol. The van der Waals surface area contributed by atoms with Crippen LogP contribution >= 0.6 is 15.9 Å². The van der Waals surface area contributed by atoms with Gasteiger partial charge in [-0.2, -0.15) is 0 Å². The molecule has 17 heavy (non-hydrogen) atoms. The van der Waals surface area contributed by atoms with Gasteiger partial charge in [-0.1, -0.05) is 6.92 Å². The number of carbonyl (C=O) groups is 2. The number of carboxylic acid groups (broad SMARTS) is 1. The molecular formula is C11H13BrN2O3. The Balaban J connectivity index is 2.90. The van der Waals surface area contributed by atoms with Crippen molar-refractivity contribution in [3.8, 4) is 0 Å². The Labute approximate surface area is 107 Å². The number of carboxylic acids is 1. The zero-order valence-electron chi connectivity index (χ0n) is 9.24. The van der Waals surface area contributed by atoms with Gasteiger partial charge in [-0.25, -0.2) is 4.79 Å². The quantitative estimate of drug-likeness (QED) is 0.791. The first-order chi connectivity index (χ1) is 7.95. The molecule has 0 fully saturated rings.